The fraction of sp³-hybridized carbons (Fsp3) is 0.267. The number of pyridine rings is 1. The molecular formula is C15H15ClFN3O2S. The van der Waals surface area contributed by atoms with E-state index in [0.717, 1.165) is 17.8 Å². The van der Waals surface area contributed by atoms with Crippen molar-refractivity contribution in [1.82, 2.24) is 9.29 Å². The molecule has 0 bridgehead atoms. The van der Waals surface area contributed by atoms with Crippen LogP contribution in [0.2, 0.25) is 5.02 Å². The minimum atomic E-state index is -3.72. The minimum absolute atomic E-state index is 0.0575. The van der Waals surface area contributed by atoms with Gasteiger partial charge < -0.3 is 4.90 Å². The van der Waals surface area contributed by atoms with E-state index in [1.807, 2.05) is 12.1 Å². The molecule has 2 heterocycles. The number of nitrogens with zero attached hydrogens (tertiary/aromatic N) is 3. The first-order valence-corrected chi connectivity index (χ1v) is 8.90. The topological polar surface area (TPSA) is 53.5 Å². The van der Waals surface area contributed by atoms with Gasteiger partial charge in [-0.05, 0) is 30.3 Å². The van der Waals surface area contributed by atoms with Crippen LogP contribution in [-0.2, 0) is 10.0 Å². The summed E-state index contributed by atoms with van der Waals surface area (Å²) in [5, 5.41) is -0.0958. The Bertz CT molecular complexity index is 794. The molecule has 1 aromatic carbocycles. The van der Waals surface area contributed by atoms with Gasteiger partial charge in [0.1, 0.15) is 10.7 Å². The molecule has 0 aliphatic carbocycles. The van der Waals surface area contributed by atoms with Gasteiger partial charge in [0.15, 0.2) is 0 Å². The van der Waals surface area contributed by atoms with Crippen molar-refractivity contribution in [1.29, 1.82) is 0 Å². The molecule has 2 aromatic rings. The van der Waals surface area contributed by atoms with Crippen molar-refractivity contribution in [3.8, 4) is 0 Å². The van der Waals surface area contributed by atoms with Crippen LogP contribution in [0, 0.1) is 5.82 Å². The standard InChI is InChI=1S/C15H15ClFN3O2S/c16-14-11-12(17)1-2-15(14)23(21,22)20-9-7-19(8-10-20)13-3-5-18-6-4-13/h1-6,11H,7-10H2. The summed E-state index contributed by atoms with van der Waals surface area (Å²) in [5.74, 6) is -0.559. The maximum Gasteiger partial charge on any atom is 0.244 e. The summed E-state index contributed by atoms with van der Waals surface area (Å²) in [5.41, 5.74) is 1.01. The van der Waals surface area contributed by atoms with Gasteiger partial charge in [0.25, 0.3) is 0 Å². The summed E-state index contributed by atoms with van der Waals surface area (Å²) < 4.78 is 39.8. The van der Waals surface area contributed by atoms with Gasteiger partial charge in [-0.25, -0.2) is 12.8 Å². The first-order valence-electron chi connectivity index (χ1n) is 7.08. The maximum atomic E-state index is 13.1. The highest BCUT2D eigenvalue weighted by atomic mass is 35.5. The van der Waals surface area contributed by atoms with Gasteiger partial charge in [0.05, 0.1) is 5.02 Å². The molecule has 0 saturated carbocycles. The normalized spacial score (nSPS) is 16.5. The van der Waals surface area contributed by atoms with Crippen LogP contribution >= 0.6 is 11.6 Å². The van der Waals surface area contributed by atoms with Crippen LogP contribution in [0.4, 0.5) is 10.1 Å². The third-order valence-corrected chi connectivity index (χ3v) is 6.16. The maximum absolute atomic E-state index is 13.1. The molecular weight excluding hydrogens is 341 g/mol. The van der Waals surface area contributed by atoms with Crippen LogP contribution in [0.25, 0.3) is 0 Å². The fourth-order valence-corrected chi connectivity index (χ4v) is 4.49. The highest BCUT2D eigenvalue weighted by Gasteiger charge is 2.30. The summed E-state index contributed by atoms with van der Waals surface area (Å²) in [6.07, 6.45) is 3.41. The zero-order valence-electron chi connectivity index (χ0n) is 12.2. The first-order chi connectivity index (χ1) is 11.0. The fourth-order valence-electron chi connectivity index (χ4n) is 2.57. The Morgan fingerprint density at radius 3 is 2.30 bits per heavy atom. The van der Waals surface area contributed by atoms with Crippen LogP contribution in [0.3, 0.4) is 0 Å². The third-order valence-electron chi connectivity index (χ3n) is 3.78. The average molecular weight is 356 g/mol. The lowest BCUT2D eigenvalue weighted by Crippen LogP contribution is -2.48. The van der Waals surface area contributed by atoms with E-state index < -0.39 is 15.8 Å². The van der Waals surface area contributed by atoms with Gasteiger partial charge in [-0.2, -0.15) is 4.31 Å². The molecule has 23 heavy (non-hydrogen) atoms. The van der Waals surface area contributed by atoms with Crippen LogP contribution < -0.4 is 4.90 Å². The molecule has 1 aromatic heterocycles. The number of hydrogen-bond donors (Lipinski definition) is 0. The summed E-state index contributed by atoms with van der Waals surface area (Å²) >= 11 is 5.89. The molecule has 1 aliphatic heterocycles. The van der Waals surface area contributed by atoms with Crippen molar-refractivity contribution < 1.29 is 12.8 Å². The SMILES string of the molecule is O=S(=O)(c1ccc(F)cc1Cl)N1CCN(c2ccncc2)CC1. The zero-order chi connectivity index (χ0) is 16.4. The van der Waals surface area contributed by atoms with E-state index >= 15 is 0 Å². The molecule has 0 unspecified atom stereocenters. The largest absolute Gasteiger partial charge is 0.369 e. The molecule has 0 amide bonds. The highest BCUT2D eigenvalue weighted by molar-refractivity contribution is 7.89. The Morgan fingerprint density at radius 2 is 1.70 bits per heavy atom. The Morgan fingerprint density at radius 1 is 1.04 bits per heavy atom. The molecule has 1 saturated heterocycles. The van der Waals surface area contributed by atoms with Crippen molar-refractivity contribution in [2.24, 2.45) is 0 Å². The lowest BCUT2D eigenvalue weighted by molar-refractivity contribution is 0.385. The number of sulfonamides is 1. The molecule has 0 spiro atoms. The van der Waals surface area contributed by atoms with E-state index in [-0.39, 0.29) is 9.92 Å². The average Bonchev–Trinajstić information content (AvgIpc) is 2.55. The van der Waals surface area contributed by atoms with Crippen LogP contribution in [0.5, 0.6) is 0 Å². The summed E-state index contributed by atoms with van der Waals surface area (Å²) in [6, 6.07) is 7.11. The molecule has 5 nitrogen and oxygen atoms in total. The Balaban J connectivity index is 1.76. The molecule has 8 heteroatoms. The van der Waals surface area contributed by atoms with Crippen molar-refractivity contribution in [3.63, 3.8) is 0 Å². The molecule has 1 fully saturated rings. The second-order valence-electron chi connectivity index (χ2n) is 5.17. The van der Waals surface area contributed by atoms with Crippen LogP contribution in [0.1, 0.15) is 0 Å². The van der Waals surface area contributed by atoms with E-state index in [9.17, 15) is 12.8 Å². The highest BCUT2D eigenvalue weighted by Crippen LogP contribution is 2.26. The number of aromatic nitrogens is 1. The quantitative estimate of drug-likeness (QED) is 0.848. The van der Waals surface area contributed by atoms with Gasteiger partial charge >= 0.3 is 0 Å². The second-order valence-corrected chi connectivity index (χ2v) is 7.48. The van der Waals surface area contributed by atoms with Gasteiger partial charge in [0.2, 0.25) is 10.0 Å². The molecule has 1 aliphatic rings. The van der Waals surface area contributed by atoms with Gasteiger partial charge in [-0.3, -0.25) is 4.98 Å². The number of rotatable bonds is 3. The number of hydrogen-bond acceptors (Lipinski definition) is 4. The van der Waals surface area contributed by atoms with Crippen molar-refractivity contribution >= 4 is 27.3 Å². The first kappa shape index (κ1) is 16.2. The summed E-state index contributed by atoms with van der Waals surface area (Å²) in [4.78, 5) is 6.01. The van der Waals surface area contributed by atoms with Crippen molar-refractivity contribution in [3.05, 3.63) is 53.6 Å². The van der Waals surface area contributed by atoms with Crippen LogP contribution in [-0.4, -0.2) is 43.9 Å². The lowest BCUT2D eigenvalue weighted by Gasteiger charge is -2.35. The van der Waals surface area contributed by atoms with E-state index in [1.165, 1.54) is 10.4 Å². The van der Waals surface area contributed by atoms with E-state index in [4.69, 9.17) is 11.6 Å². The van der Waals surface area contributed by atoms with Crippen LogP contribution in [0.15, 0.2) is 47.6 Å². The number of benzene rings is 1. The zero-order valence-corrected chi connectivity index (χ0v) is 13.8. The van der Waals surface area contributed by atoms with E-state index in [2.05, 4.69) is 9.88 Å². The third kappa shape index (κ3) is 3.31. The smallest absolute Gasteiger partial charge is 0.244 e. The lowest BCUT2D eigenvalue weighted by atomic mass is 10.3. The molecule has 122 valence electrons. The van der Waals surface area contributed by atoms with Crippen molar-refractivity contribution in [2.45, 2.75) is 4.90 Å². The summed E-state index contributed by atoms with van der Waals surface area (Å²) in [6.45, 7) is 1.83. The van der Waals surface area contributed by atoms with Gasteiger partial charge in [-0.1, -0.05) is 11.6 Å². The monoisotopic (exact) mass is 355 g/mol. The van der Waals surface area contributed by atoms with E-state index in [1.54, 1.807) is 12.4 Å². The predicted octanol–water partition coefficient (Wildman–Crippen LogP) is 2.39. The van der Waals surface area contributed by atoms with Gasteiger partial charge in [0, 0.05) is 44.3 Å². The Hall–Kier alpha value is -1.70. The number of anilines is 1. The minimum Gasteiger partial charge on any atom is -0.369 e. The molecule has 0 atom stereocenters. The number of halogens is 2. The predicted molar refractivity (Wildman–Crippen MR) is 86.6 cm³/mol. The van der Waals surface area contributed by atoms with Gasteiger partial charge in [-0.15, -0.1) is 0 Å². The molecule has 3 rings (SSSR count). The van der Waals surface area contributed by atoms with E-state index in [0.29, 0.717) is 26.2 Å². The molecule has 0 N–H and O–H groups in total. The van der Waals surface area contributed by atoms with Crippen molar-refractivity contribution in [2.75, 3.05) is 31.1 Å². The number of piperazine rings is 1. The Kier molecular flexibility index (Phi) is 4.52. The second kappa shape index (κ2) is 6.43. The Labute approximate surface area is 139 Å². The molecule has 0 radical (unpaired) electrons. The summed E-state index contributed by atoms with van der Waals surface area (Å²) in [7, 11) is -3.72.